The molecule has 0 bridgehead atoms. The topological polar surface area (TPSA) is 83.4 Å². The second-order valence-electron chi connectivity index (χ2n) is 3.92. The fourth-order valence-corrected chi connectivity index (χ4v) is 1.59. The number of rotatable bonds is 6. The van der Waals surface area contributed by atoms with E-state index in [2.05, 4.69) is 10.2 Å². The van der Waals surface area contributed by atoms with E-state index in [1.54, 1.807) is 7.11 Å². The largest absolute Gasteiger partial charge is 0.493 e. The molecule has 0 unspecified atom stereocenters. The Morgan fingerprint density at radius 1 is 1.21 bits per heavy atom. The lowest BCUT2D eigenvalue weighted by Crippen LogP contribution is -2.01. The molecule has 0 saturated heterocycles. The van der Waals surface area contributed by atoms with Crippen LogP contribution in [0.25, 0.3) is 0 Å². The summed E-state index contributed by atoms with van der Waals surface area (Å²) in [5.74, 6) is 2.30. The Kier molecular flexibility index (Phi) is 4.35. The van der Waals surface area contributed by atoms with Gasteiger partial charge in [0, 0.05) is 13.0 Å². The highest BCUT2D eigenvalue weighted by Crippen LogP contribution is 2.28. The second kappa shape index (κ2) is 6.19. The summed E-state index contributed by atoms with van der Waals surface area (Å²) in [6, 6.07) is 5.56. The maximum atomic E-state index is 5.64. The van der Waals surface area contributed by atoms with Gasteiger partial charge in [0.05, 0.1) is 7.11 Å². The van der Waals surface area contributed by atoms with Crippen molar-refractivity contribution in [2.75, 3.05) is 7.11 Å². The Labute approximate surface area is 111 Å². The van der Waals surface area contributed by atoms with Crippen molar-refractivity contribution in [2.24, 2.45) is 5.73 Å². The van der Waals surface area contributed by atoms with Gasteiger partial charge in [0.1, 0.15) is 0 Å². The molecule has 0 aliphatic rings. The molecule has 102 valence electrons. The van der Waals surface area contributed by atoms with E-state index < -0.39 is 0 Å². The molecule has 2 rings (SSSR count). The molecule has 0 saturated carbocycles. The van der Waals surface area contributed by atoms with Crippen molar-refractivity contribution in [1.29, 1.82) is 0 Å². The lowest BCUT2D eigenvalue weighted by Gasteiger charge is -2.10. The number of hydrogen-bond donors (Lipinski definition) is 1. The maximum Gasteiger partial charge on any atom is 0.253 e. The van der Waals surface area contributed by atoms with Gasteiger partial charge in [-0.3, -0.25) is 0 Å². The smallest absolute Gasteiger partial charge is 0.253 e. The average molecular weight is 263 g/mol. The second-order valence-corrected chi connectivity index (χ2v) is 3.92. The maximum absolute atomic E-state index is 5.64. The van der Waals surface area contributed by atoms with E-state index in [4.69, 9.17) is 19.6 Å². The standard InChI is InChI=1S/C13H17N3O3/c1-3-12-15-16-13(19-12)8-18-11-6-9(7-14)4-5-10(11)17-2/h4-6H,3,7-8,14H2,1-2H3. The lowest BCUT2D eigenvalue weighted by molar-refractivity contribution is 0.247. The number of aromatic nitrogens is 2. The normalized spacial score (nSPS) is 10.5. The summed E-state index contributed by atoms with van der Waals surface area (Å²) in [5, 5.41) is 7.77. The molecule has 2 N–H and O–H groups in total. The van der Waals surface area contributed by atoms with Crippen LogP contribution >= 0.6 is 0 Å². The van der Waals surface area contributed by atoms with E-state index in [0.29, 0.717) is 36.2 Å². The molecule has 1 aromatic heterocycles. The molecule has 1 aromatic carbocycles. The predicted molar refractivity (Wildman–Crippen MR) is 68.9 cm³/mol. The van der Waals surface area contributed by atoms with Gasteiger partial charge >= 0.3 is 0 Å². The van der Waals surface area contributed by atoms with Crippen molar-refractivity contribution < 1.29 is 13.9 Å². The van der Waals surface area contributed by atoms with Crippen LogP contribution in [0.3, 0.4) is 0 Å². The zero-order chi connectivity index (χ0) is 13.7. The number of hydrogen-bond acceptors (Lipinski definition) is 6. The molecule has 0 amide bonds. The third-order valence-corrected chi connectivity index (χ3v) is 2.63. The Hall–Kier alpha value is -2.08. The van der Waals surface area contributed by atoms with E-state index in [1.165, 1.54) is 0 Å². The van der Waals surface area contributed by atoms with Gasteiger partial charge in [-0.15, -0.1) is 10.2 Å². The van der Waals surface area contributed by atoms with Crippen molar-refractivity contribution in [3.63, 3.8) is 0 Å². The molecule has 19 heavy (non-hydrogen) atoms. The average Bonchev–Trinajstić information content (AvgIpc) is 2.92. The van der Waals surface area contributed by atoms with E-state index in [1.807, 2.05) is 25.1 Å². The van der Waals surface area contributed by atoms with Gasteiger partial charge in [-0.25, -0.2) is 0 Å². The van der Waals surface area contributed by atoms with Gasteiger partial charge in [-0.1, -0.05) is 13.0 Å². The first-order valence-electron chi connectivity index (χ1n) is 6.07. The van der Waals surface area contributed by atoms with Crippen molar-refractivity contribution in [3.8, 4) is 11.5 Å². The first kappa shape index (κ1) is 13.4. The van der Waals surface area contributed by atoms with Crippen LogP contribution in [-0.4, -0.2) is 17.3 Å². The molecule has 0 spiro atoms. The number of ether oxygens (including phenoxy) is 2. The highest BCUT2D eigenvalue weighted by molar-refractivity contribution is 5.42. The van der Waals surface area contributed by atoms with Crippen LogP contribution in [-0.2, 0) is 19.6 Å². The minimum Gasteiger partial charge on any atom is -0.493 e. The summed E-state index contributed by atoms with van der Waals surface area (Å²) >= 11 is 0. The van der Waals surface area contributed by atoms with Gasteiger partial charge in [-0.05, 0) is 17.7 Å². The van der Waals surface area contributed by atoms with Gasteiger partial charge in [0.25, 0.3) is 5.89 Å². The van der Waals surface area contributed by atoms with Gasteiger partial charge < -0.3 is 19.6 Å². The molecule has 6 heteroatoms. The molecule has 0 fully saturated rings. The molecule has 0 radical (unpaired) electrons. The number of methoxy groups -OCH3 is 1. The molecule has 1 heterocycles. The highest BCUT2D eigenvalue weighted by Gasteiger charge is 2.09. The van der Waals surface area contributed by atoms with E-state index >= 15 is 0 Å². The first-order chi connectivity index (χ1) is 9.26. The number of benzene rings is 1. The summed E-state index contributed by atoms with van der Waals surface area (Å²) in [7, 11) is 1.59. The molecular formula is C13H17N3O3. The van der Waals surface area contributed by atoms with Crippen LogP contribution in [0.4, 0.5) is 0 Å². The van der Waals surface area contributed by atoms with Crippen LogP contribution < -0.4 is 15.2 Å². The quantitative estimate of drug-likeness (QED) is 0.853. The SMILES string of the molecule is CCc1nnc(COc2cc(CN)ccc2OC)o1. The van der Waals surface area contributed by atoms with E-state index in [9.17, 15) is 0 Å². The van der Waals surface area contributed by atoms with Crippen LogP contribution in [0.1, 0.15) is 24.3 Å². The monoisotopic (exact) mass is 263 g/mol. The van der Waals surface area contributed by atoms with E-state index in [0.717, 1.165) is 5.56 Å². The van der Waals surface area contributed by atoms with Gasteiger partial charge in [0.2, 0.25) is 5.89 Å². The molecule has 6 nitrogen and oxygen atoms in total. The minimum absolute atomic E-state index is 0.206. The van der Waals surface area contributed by atoms with Crippen LogP contribution in [0, 0.1) is 0 Å². The Morgan fingerprint density at radius 3 is 2.63 bits per heavy atom. The van der Waals surface area contributed by atoms with Crippen molar-refractivity contribution in [2.45, 2.75) is 26.5 Å². The zero-order valence-corrected chi connectivity index (χ0v) is 11.0. The molecule has 0 aliphatic carbocycles. The van der Waals surface area contributed by atoms with Crippen molar-refractivity contribution >= 4 is 0 Å². The molecule has 2 aromatic rings. The summed E-state index contributed by atoms with van der Waals surface area (Å²) in [5.41, 5.74) is 6.57. The first-order valence-corrected chi connectivity index (χ1v) is 6.07. The highest BCUT2D eigenvalue weighted by atomic mass is 16.5. The zero-order valence-electron chi connectivity index (χ0n) is 11.0. The van der Waals surface area contributed by atoms with Gasteiger partial charge in [-0.2, -0.15) is 0 Å². The molecule has 0 aliphatic heterocycles. The fourth-order valence-electron chi connectivity index (χ4n) is 1.59. The van der Waals surface area contributed by atoms with Crippen molar-refractivity contribution in [1.82, 2.24) is 10.2 Å². The summed E-state index contributed by atoms with van der Waals surface area (Å²) in [4.78, 5) is 0. The number of nitrogens with zero attached hydrogens (tertiary/aromatic N) is 2. The Balaban J connectivity index is 2.09. The Bertz CT molecular complexity index is 540. The minimum atomic E-state index is 0.206. The predicted octanol–water partition coefficient (Wildman–Crippen LogP) is 1.68. The third kappa shape index (κ3) is 3.23. The summed E-state index contributed by atoms with van der Waals surface area (Å²) < 4.78 is 16.2. The number of nitrogens with two attached hydrogens (primary N) is 1. The van der Waals surface area contributed by atoms with Crippen LogP contribution in [0.15, 0.2) is 22.6 Å². The molecule has 0 atom stereocenters. The van der Waals surface area contributed by atoms with Crippen molar-refractivity contribution in [3.05, 3.63) is 35.5 Å². The van der Waals surface area contributed by atoms with Crippen LogP contribution in [0.2, 0.25) is 0 Å². The lowest BCUT2D eigenvalue weighted by atomic mass is 10.2. The number of aryl methyl sites for hydroxylation is 1. The summed E-state index contributed by atoms with van der Waals surface area (Å²) in [6.07, 6.45) is 0.707. The fraction of sp³-hybridized carbons (Fsp3) is 0.385. The van der Waals surface area contributed by atoms with Gasteiger partial charge in [0.15, 0.2) is 18.1 Å². The molecular weight excluding hydrogens is 246 g/mol. The Morgan fingerprint density at radius 2 is 2.00 bits per heavy atom. The third-order valence-electron chi connectivity index (χ3n) is 2.63. The van der Waals surface area contributed by atoms with Crippen LogP contribution in [0.5, 0.6) is 11.5 Å². The summed E-state index contributed by atoms with van der Waals surface area (Å²) in [6.45, 7) is 2.60. The van der Waals surface area contributed by atoms with E-state index in [-0.39, 0.29) is 6.61 Å².